The standard InChI is InChI=1S/C23H18.CH4/c1-13-11-16-5-4-6-17-18-9-7-14(2)21-15(3)8-10-19(23(18)21)20(12-13)22(16)17;/h4-12H,1-3H3;1H4. The van der Waals surface area contributed by atoms with Crippen LogP contribution < -0.4 is 0 Å². The molecule has 0 aromatic heterocycles. The van der Waals surface area contributed by atoms with E-state index in [9.17, 15) is 0 Å². The van der Waals surface area contributed by atoms with Crippen molar-refractivity contribution in [3.63, 3.8) is 0 Å². The number of rotatable bonds is 0. The van der Waals surface area contributed by atoms with E-state index in [1.807, 2.05) is 0 Å². The highest BCUT2D eigenvalue weighted by Gasteiger charge is 2.14. The molecule has 0 N–H and O–H groups in total. The molecule has 24 heavy (non-hydrogen) atoms. The first-order valence-corrected chi connectivity index (χ1v) is 8.22. The van der Waals surface area contributed by atoms with Crippen molar-refractivity contribution in [2.24, 2.45) is 0 Å². The summed E-state index contributed by atoms with van der Waals surface area (Å²) in [5.41, 5.74) is 4.06. The van der Waals surface area contributed by atoms with Crippen LogP contribution in [0.3, 0.4) is 0 Å². The summed E-state index contributed by atoms with van der Waals surface area (Å²) < 4.78 is 0. The van der Waals surface area contributed by atoms with E-state index in [0.717, 1.165) is 0 Å². The second-order valence-corrected chi connectivity index (χ2v) is 6.83. The van der Waals surface area contributed by atoms with Gasteiger partial charge >= 0.3 is 0 Å². The molecule has 0 nitrogen and oxygen atoms in total. The van der Waals surface area contributed by atoms with Gasteiger partial charge in [0.05, 0.1) is 0 Å². The summed E-state index contributed by atoms with van der Waals surface area (Å²) in [6, 6.07) is 20.5. The molecule has 0 fully saturated rings. The quantitative estimate of drug-likeness (QED) is 0.208. The second kappa shape index (κ2) is 4.95. The topological polar surface area (TPSA) is 0 Å². The maximum Gasteiger partial charge on any atom is -0.00210 e. The first kappa shape index (κ1) is 15.0. The van der Waals surface area contributed by atoms with Crippen LogP contribution in [0.4, 0.5) is 0 Å². The molecule has 5 aromatic rings. The smallest absolute Gasteiger partial charge is 0.00210 e. The van der Waals surface area contributed by atoms with E-state index < -0.39 is 0 Å². The lowest BCUT2D eigenvalue weighted by Crippen LogP contribution is -1.91. The molecule has 5 aromatic carbocycles. The highest BCUT2D eigenvalue weighted by Crippen LogP contribution is 2.42. The zero-order chi connectivity index (χ0) is 15.7. The van der Waals surface area contributed by atoms with Crippen LogP contribution in [0.5, 0.6) is 0 Å². The van der Waals surface area contributed by atoms with Crippen LogP contribution in [0.2, 0.25) is 0 Å². The number of aryl methyl sites for hydroxylation is 3. The molecule has 0 aliphatic carbocycles. The van der Waals surface area contributed by atoms with Crippen molar-refractivity contribution < 1.29 is 0 Å². The molecular formula is C24H22. The Morgan fingerprint density at radius 1 is 0.542 bits per heavy atom. The molecule has 0 heteroatoms. The fourth-order valence-electron chi connectivity index (χ4n) is 4.33. The molecule has 118 valence electrons. The molecule has 0 aliphatic heterocycles. The third kappa shape index (κ3) is 1.74. The molecule has 0 unspecified atom stereocenters. The van der Waals surface area contributed by atoms with Crippen LogP contribution in [-0.4, -0.2) is 0 Å². The Kier molecular flexibility index (Phi) is 3.08. The molecule has 5 rings (SSSR count). The highest BCUT2D eigenvalue weighted by atomic mass is 14.2. The molecule has 0 saturated carbocycles. The lowest BCUT2D eigenvalue weighted by molar-refractivity contribution is 1.48. The Bertz CT molecular complexity index is 1220. The van der Waals surface area contributed by atoms with Gasteiger partial charge in [-0.15, -0.1) is 0 Å². The zero-order valence-corrected chi connectivity index (χ0v) is 13.7. The summed E-state index contributed by atoms with van der Waals surface area (Å²) in [5, 5.41) is 11.1. The molecule has 0 atom stereocenters. The molecular weight excluding hydrogens is 288 g/mol. The van der Waals surface area contributed by atoms with Gasteiger partial charge in [0, 0.05) is 0 Å². The zero-order valence-electron chi connectivity index (χ0n) is 13.7. The molecule has 0 saturated heterocycles. The van der Waals surface area contributed by atoms with E-state index in [1.165, 1.54) is 59.8 Å². The normalized spacial score (nSPS) is 11.6. The van der Waals surface area contributed by atoms with Gasteiger partial charge in [0.15, 0.2) is 0 Å². The van der Waals surface area contributed by atoms with Gasteiger partial charge in [0.2, 0.25) is 0 Å². The van der Waals surface area contributed by atoms with Crippen LogP contribution in [0.15, 0.2) is 54.6 Å². The van der Waals surface area contributed by atoms with E-state index >= 15 is 0 Å². The molecule has 0 radical (unpaired) electrons. The van der Waals surface area contributed by atoms with Gasteiger partial charge in [-0.25, -0.2) is 0 Å². The summed E-state index contributed by atoms with van der Waals surface area (Å²) in [6.45, 7) is 6.64. The first-order chi connectivity index (χ1) is 11.1. The van der Waals surface area contributed by atoms with Gasteiger partial charge in [0.1, 0.15) is 0 Å². The predicted molar refractivity (Wildman–Crippen MR) is 109 cm³/mol. The number of hydrogen-bond acceptors (Lipinski definition) is 0. The SMILES string of the molecule is C.Cc1cc2cccc3c4ccc(C)c5c(C)ccc(c(c1)c23)c54. The van der Waals surface area contributed by atoms with Gasteiger partial charge in [-0.3, -0.25) is 0 Å². The van der Waals surface area contributed by atoms with Crippen LogP contribution >= 0.6 is 0 Å². The van der Waals surface area contributed by atoms with E-state index in [0.29, 0.717) is 0 Å². The van der Waals surface area contributed by atoms with Crippen LogP contribution in [0, 0.1) is 20.8 Å². The van der Waals surface area contributed by atoms with Crippen molar-refractivity contribution in [2.75, 3.05) is 0 Å². The summed E-state index contributed by atoms with van der Waals surface area (Å²) in [5.74, 6) is 0. The first-order valence-electron chi connectivity index (χ1n) is 8.22. The Morgan fingerprint density at radius 3 is 1.88 bits per heavy atom. The Labute approximate surface area is 143 Å². The molecule has 0 heterocycles. The lowest BCUT2D eigenvalue weighted by atomic mass is 9.86. The van der Waals surface area contributed by atoms with Crippen LogP contribution in [-0.2, 0) is 0 Å². The van der Waals surface area contributed by atoms with Crippen molar-refractivity contribution in [3.05, 3.63) is 71.3 Å². The monoisotopic (exact) mass is 310 g/mol. The minimum absolute atomic E-state index is 0. The van der Waals surface area contributed by atoms with Crippen molar-refractivity contribution in [1.29, 1.82) is 0 Å². The van der Waals surface area contributed by atoms with Crippen molar-refractivity contribution in [3.8, 4) is 0 Å². The van der Waals surface area contributed by atoms with Crippen molar-refractivity contribution >= 4 is 43.1 Å². The van der Waals surface area contributed by atoms with Gasteiger partial charge in [-0.05, 0) is 80.6 Å². The number of benzene rings is 5. The van der Waals surface area contributed by atoms with Gasteiger partial charge in [0.25, 0.3) is 0 Å². The van der Waals surface area contributed by atoms with E-state index in [-0.39, 0.29) is 7.43 Å². The molecule has 0 bridgehead atoms. The maximum absolute atomic E-state index is 2.35. The van der Waals surface area contributed by atoms with Crippen molar-refractivity contribution in [1.82, 2.24) is 0 Å². The largest absolute Gasteiger partial charge is 0.0776 e. The highest BCUT2D eigenvalue weighted by molar-refractivity contribution is 6.33. The lowest BCUT2D eigenvalue weighted by Gasteiger charge is -2.17. The Hall–Kier alpha value is -2.60. The van der Waals surface area contributed by atoms with Gasteiger partial charge in [-0.2, -0.15) is 0 Å². The summed E-state index contributed by atoms with van der Waals surface area (Å²) in [7, 11) is 0. The van der Waals surface area contributed by atoms with Crippen LogP contribution in [0.25, 0.3) is 43.1 Å². The minimum Gasteiger partial charge on any atom is -0.0776 e. The predicted octanol–water partition coefficient (Wildman–Crippen LogP) is 7.30. The van der Waals surface area contributed by atoms with E-state index in [4.69, 9.17) is 0 Å². The Balaban J connectivity index is 0.00000146. The summed E-state index contributed by atoms with van der Waals surface area (Å²) in [4.78, 5) is 0. The molecule has 0 spiro atoms. The van der Waals surface area contributed by atoms with E-state index in [1.54, 1.807) is 0 Å². The van der Waals surface area contributed by atoms with Gasteiger partial charge in [-0.1, -0.05) is 62.0 Å². The minimum atomic E-state index is 0. The van der Waals surface area contributed by atoms with Crippen LogP contribution in [0.1, 0.15) is 24.1 Å². The third-order valence-electron chi connectivity index (χ3n) is 5.28. The number of hydrogen-bond donors (Lipinski definition) is 0. The molecule has 0 amide bonds. The Morgan fingerprint density at radius 2 is 1.17 bits per heavy atom. The average Bonchev–Trinajstić information content (AvgIpc) is 2.54. The second-order valence-electron chi connectivity index (χ2n) is 6.83. The fourth-order valence-corrected chi connectivity index (χ4v) is 4.33. The maximum atomic E-state index is 2.35. The van der Waals surface area contributed by atoms with Gasteiger partial charge < -0.3 is 0 Å². The number of fused-ring (bicyclic) bond motifs is 2. The fraction of sp³-hybridized carbons (Fsp3) is 0.167. The summed E-state index contributed by atoms with van der Waals surface area (Å²) in [6.07, 6.45) is 0. The molecule has 0 aliphatic rings. The van der Waals surface area contributed by atoms with E-state index in [2.05, 4.69) is 75.4 Å². The average molecular weight is 310 g/mol. The van der Waals surface area contributed by atoms with Crippen molar-refractivity contribution in [2.45, 2.75) is 28.2 Å². The third-order valence-corrected chi connectivity index (χ3v) is 5.28. The summed E-state index contributed by atoms with van der Waals surface area (Å²) >= 11 is 0.